The topological polar surface area (TPSA) is 59.3 Å². The van der Waals surface area contributed by atoms with E-state index in [1.807, 2.05) is 18.5 Å². The molecule has 1 amide bonds. The number of aryl methyl sites for hydroxylation is 2. The van der Waals surface area contributed by atoms with E-state index in [4.69, 9.17) is 0 Å². The van der Waals surface area contributed by atoms with Crippen LogP contribution in [0.3, 0.4) is 0 Å². The fourth-order valence-corrected chi connectivity index (χ4v) is 3.69. The molecule has 1 saturated carbocycles. The average Bonchev–Trinajstić information content (AvgIpc) is 3.30. The summed E-state index contributed by atoms with van der Waals surface area (Å²) in [7, 11) is 2.06. The molecule has 3 heterocycles. The van der Waals surface area contributed by atoms with Crippen LogP contribution >= 0.6 is 0 Å². The van der Waals surface area contributed by atoms with Gasteiger partial charge in [0.25, 0.3) is 0 Å². The predicted molar refractivity (Wildman–Crippen MR) is 104 cm³/mol. The van der Waals surface area contributed by atoms with Crippen molar-refractivity contribution in [2.45, 2.75) is 26.3 Å². The van der Waals surface area contributed by atoms with Crippen molar-refractivity contribution in [3.05, 3.63) is 47.2 Å². The van der Waals surface area contributed by atoms with E-state index in [-0.39, 0.29) is 11.8 Å². The molecule has 0 atom stereocenters. The Labute approximate surface area is 151 Å². The zero-order chi connectivity index (χ0) is 17.8. The molecule has 1 fully saturated rings. The highest BCUT2D eigenvalue weighted by atomic mass is 16.2. The second kappa shape index (κ2) is 5.53. The van der Waals surface area contributed by atoms with E-state index < -0.39 is 0 Å². The number of pyridine rings is 1. The molecular weight excluding hydrogens is 324 g/mol. The number of aromatic nitrogens is 2. The Hall–Kier alpha value is -2.95. The lowest BCUT2D eigenvalue weighted by Gasteiger charge is -2.10. The monoisotopic (exact) mass is 344 g/mol. The van der Waals surface area contributed by atoms with E-state index in [1.54, 1.807) is 0 Å². The Balaban J connectivity index is 1.57. The van der Waals surface area contributed by atoms with Gasteiger partial charge in [-0.15, -0.1) is 0 Å². The number of hydrogen-bond acceptors (Lipinski definition) is 3. The molecule has 1 aromatic carbocycles. The van der Waals surface area contributed by atoms with E-state index in [1.165, 1.54) is 22.3 Å². The molecule has 0 bridgehead atoms. The second-order valence-electron chi connectivity index (χ2n) is 7.32. The lowest BCUT2D eigenvalue weighted by Crippen LogP contribution is -2.14. The van der Waals surface area contributed by atoms with Gasteiger partial charge < -0.3 is 9.88 Å². The zero-order valence-electron chi connectivity index (χ0n) is 14.9. The van der Waals surface area contributed by atoms with Crippen molar-refractivity contribution in [2.24, 2.45) is 18.0 Å². The summed E-state index contributed by atoms with van der Waals surface area (Å²) in [5.74, 6) is 0.890. The van der Waals surface area contributed by atoms with Crippen molar-refractivity contribution in [3.63, 3.8) is 0 Å². The number of anilines is 1. The Morgan fingerprint density at radius 1 is 1.23 bits per heavy atom. The molecule has 0 spiro atoms. The number of benzene rings is 1. The Morgan fingerprint density at radius 3 is 2.88 bits per heavy atom. The van der Waals surface area contributed by atoms with Gasteiger partial charge in [-0.3, -0.25) is 9.79 Å². The van der Waals surface area contributed by atoms with E-state index in [0.29, 0.717) is 5.82 Å². The normalized spacial score (nSPS) is 15.5. The number of nitrogens with zero attached hydrogens (tertiary/aromatic N) is 3. The Bertz CT molecular complexity index is 1090. The van der Waals surface area contributed by atoms with Crippen molar-refractivity contribution in [2.75, 3.05) is 5.32 Å². The lowest BCUT2D eigenvalue weighted by molar-refractivity contribution is -0.117. The summed E-state index contributed by atoms with van der Waals surface area (Å²) in [4.78, 5) is 20.8. The molecule has 5 nitrogen and oxygen atoms in total. The largest absolute Gasteiger partial charge is 0.342 e. The first-order valence-corrected chi connectivity index (χ1v) is 9.00. The van der Waals surface area contributed by atoms with Crippen LogP contribution in [0.15, 0.2) is 35.5 Å². The van der Waals surface area contributed by atoms with Gasteiger partial charge >= 0.3 is 0 Å². The van der Waals surface area contributed by atoms with Crippen LogP contribution in [0.5, 0.6) is 0 Å². The van der Waals surface area contributed by atoms with Crippen molar-refractivity contribution in [1.29, 1.82) is 0 Å². The molecule has 130 valence electrons. The average molecular weight is 344 g/mol. The minimum atomic E-state index is 0.0850. The molecule has 1 aliphatic heterocycles. The molecule has 26 heavy (non-hydrogen) atoms. The molecule has 0 radical (unpaired) electrons. The molecular formula is C21H20N4O. The first kappa shape index (κ1) is 15.3. The van der Waals surface area contributed by atoms with Crippen LogP contribution in [-0.2, 0) is 18.4 Å². The standard InChI is InChI=1S/C21H20N4O/c1-12-5-15-9-22-10-16(15)6-17(12)18-7-14-8-20(23-11-19(14)25(18)2)24-21(26)13-3-4-13/h5-8,10-11,13H,3-4,9H2,1-2H3,(H,23,24,26). The fraction of sp³-hybridized carbons (Fsp3) is 0.286. The van der Waals surface area contributed by atoms with Gasteiger partial charge in [0.05, 0.1) is 18.3 Å². The molecule has 2 aliphatic rings. The summed E-state index contributed by atoms with van der Waals surface area (Å²) in [6, 6.07) is 8.58. The summed E-state index contributed by atoms with van der Waals surface area (Å²) in [6.45, 7) is 2.92. The molecule has 0 saturated heterocycles. The number of aliphatic imine (C=N–C) groups is 1. The fourth-order valence-electron chi connectivity index (χ4n) is 3.69. The molecule has 3 aromatic rings. The van der Waals surface area contributed by atoms with Crippen molar-refractivity contribution in [3.8, 4) is 11.3 Å². The maximum atomic E-state index is 12.0. The van der Waals surface area contributed by atoms with Gasteiger partial charge in [0, 0.05) is 35.8 Å². The van der Waals surface area contributed by atoms with E-state index in [2.05, 4.69) is 52.0 Å². The third-order valence-electron chi connectivity index (χ3n) is 5.38. The van der Waals surface area contributed by atoms with Crippen LogP contribution in [0.25, 0.3) is 22.2 Å². The quantitative estimate of drug-likeness (QED) is 0.785. The smallest absolute Gasteiger partial charge is 0.228 e. The highest BCUT2D eigenvalue weighted by Crippen LogP contribution is 2.33. The van der Waals surface area contributed by atoms with Crippen molar-refractivity contribution < 1.29 is 4.79 Å². The van der Waals surface area contributed by atoms with Gasteiger partial charge in [0.15, 0.2) is 0 Å². The maximum Gasteiger partial charge on any atom is 0.228 e. The summed E-state index contributed by atoms with van der Waals surface area (Å²) in [5.41, 5.74) is 7.14. The van der Waals surface area contributed by atoms with Gasteiger partial charge in [0.2, 0.25) is 5.91 Å². The van der Waals surface area contributed by atoms with Crippen molar-refractivity contribution >= 4 is 28.8 Å². The third-order valence-corrected chi connectivity index (χ3v) is 5.38. The summed E-state index contributed by atoms with van der Waals surface area (Å²) < 4.78 is 2.16. The number of hydrogen-bond donors (Lipinski definition) is 1. The van der Waals surface area contributed by atoms with E-state index in [0.717, 1.165) is 36.0 Å². The third kappa shape index (κ3) is 2.43. The van der Waals surface area contributed by atoms with Gasteiger partial charge in [-0.25, -0.2) is 4.98 Å². The highest BCUT2D eigenvalue weighted by molar-refractivity contribution is 5.96. The number of nitrogens with one attached hydrogen (secondary N) is 1. The first-order valence-electron chi connectivity index (χ1n) is 9.00. The lowest BCUT2D eigenvalue weighted by atomic mass is 9.98. The van der Waals surface area contributed by atoms with Gasteiger partial charge in [-0.05, 0) is 54.7 Å². The molecule has 0 unspecified atom stereocenters. The van der Waals surface area contributed by atoms with E-state index >= 15 is 0 Å². The van der Waals surface area contributed by atoms with Gasteiger partial charge in [-0.1, -0.05) is 6.07 Å². The number of fused-ring (bicyclic) bond motifs is 2. The summed E-state index contributed by atoms with van der Waals surface area (Å²) in [5, 5.41) is 4.01. The predicted octanol–water partition coefficient (Wildman–Crippen LogP) is 3.83. The van der Waals surface area contributed by atoms with Crippen LogP contribution in [0.1, 0.15) is 29.5 Å². The molecule has 5 rings (SSSR count). The Morgan fingerprint density at radius 2 is 2.08 bits per heavy atom. The molecule has 1 aliphatic carbocycles. The number of carbonyl (C=O) groups excluding carboxylic acids is 1. The molecule has 1 N–H and O–H groups in total. The second-order valence-corrected chi connectivity index (χ2v) is 7.32. The van der Waals surface area contributed by atoms with Crippen molar-refractivity contribution in [1.82, 2.24) is 9.55 Å². The van der Waals surface area contributed by atoms with Gasteiger partial charge in [-0.2, -0.15) is 0 Å². The number of amides is 1. The summed E-state index contributed by atoms with van der Waals surface area (Å²) in [6.07, 6.45) is 5.77. The van der Waals surface area contributed by atoms with Crippen LogP contribution in [0.4, 0.5) is 5.82 Å². The van der Waals surface area contributed by atoms with Crippen LogP contribution < -0.4 is 5.32 Å². The van der Waals surface area contributed by atoms with Gasteiger partial charge in [0.1, 0.15) is 5.82 Å². The molecule has 5 heteroatoms. The maximum absolute atomic E-state index is 12.0. The minimum absolute atomic E-state index is 0.0850. The van der Waals surface area contributed by atoms with E-state index in [9.17, 15) is 4.79 Å². The number of rotatable bonds is 3. The highest BCUT2D eigenvalue weighted by Gasteiger charge is 2.29. The minimum Gasteiger partial charge on any atom is -0.342 e. The SMILES string of the molecule is Cc1cc2c(cc1-c1cc3cc(NC(=O)C4CC4)ncc3n1C)C=NC2. The van der Waals surface area contributed by atoms with Crippen LogP contribution in [-0.4, -0.2) is 21.7 Å². The molecule has 2 aromatic heterocycles. The van der Waals surface area contributed by atoms with Crippen LogP contribution in [0.2, 0.25) is 0 Å². The first-order chi connectivity index (χ1) is 12.6. The summed E-state index contributed by atoms with van der Waals surface area (Å²) >= 11 is 0. The zero-order valence-corrected chi connectivity index (χ0v) is 14.9. The Kier molecular flexibility index (Phi) is 3.26. The van der Waals surface area contributed by atoms with Crippen LogP contribution in [0, 0.1) is 12.8 Å². The number of carbonyl (C=O) groups is 1.